The van der Waals surface area contributed by atoms with E-state index in [-0.39, 0.29) is 5.91 Å². The number of carbonyl (C=O) groups excluding carboxylic acids is 1. The molecule has 1 N–H and O–H groups in total. The van der Waals surface area contributed by atoms with Crippen LogP contribution in [0.2, 0.25) is 0 Å². The fourth-order valence-corrected chi connectivity index (χ4v) is 4.50. The lowest BCUT2D eigenvalue weighted by Crippen LogP contribution is -2.47. The van der Waals surface area contributed by atoms with Gasteiger partial charge in [-0.2, -0.15) is 0 Å². The van der Waals surface area contributed by atoms with Crippen LogP contribution in [0.4, 0.5) is 5.69 Å². The molecule has 1 amide bonds. The van der Waals surface area contributed by atoms with E-state index in [2.05, 4.69) is 17.1 Å². The molecular formula is C23H36N2O3. The number of anilines is 1. The third-order valence-electron chi connectivity index (χ3n) is 6.03. The van der Waals surface area contributed by atoms with Crippen molar-refractivity contribution in [3.63, 3.8) is 0 Å². The first-order valence-electron chi connectivity index (χ1n) is 11.0. The maximum absolute atomic E-state index is 12.9. The van der Waals surface area contributed by atoms with Gasteiger partial charge in [0.05, 0.1) is 0 Å². The lowest BCUT2D eigenvalue weighted by atomic mass is 9.83. The zero-order valence-electron chi connectivity index (χ0n) is 17.5. The Morgan fingerprint density at radius 3 is 2.61 bits per heavy atom. The summed E-state index contributed by atoms with van der Waals surface area (Å²) in [5, 5.41) is 3.05. The molecule has 156 valence electrons. The van der Waals surface area contributed by atoms with Gasteiger partial charge in [-0.3, -0.25) is 9.69 Å². The van der Waals surface area contributed by atoms with Crippen molar-refractivity contribution >= 4 is 11.6 Å². The van der Waals surface area contributed by atoms with Gasteiger partial charge in [-0.1, -0.05) is 26.2 Å². The second kappa shape index (κ2) is 10.3. The molecule has 0 bridgehead atoms. The van der Waals surface area contributed by atoms with Gasteiger partial charge in [0.25, 0.3) is 5.91 Å². The highest BCUT2D eigenvalue weighted by Gasteiger charge is 2.40. The number of hydrogen-bond acceptors (Lipinski definition) is 4. The Balaban J connectivity index is 1.47. The van der Waals surface area contributed by atoms with Crippen LogP contribution in [0.15, 0.2) is 24.3 Å². The first-order chi connectivity index (χ1) is 13.6. The van der Waals surface area contributed by atoms with Crippen molar-refractivity contribution in [1.29, 1.82) is 0 Å². The smallest absolute Gasteiger partial charge is 0.256 e. The van der Waals surface area contributed by atoms with Crippen LogP contribution >= 0.6 is 0 Å². The highest BCUT2D eigenvalue weighted by molar-refractivity contribution is 5.97. The quantitative estimate of drug-likeness (QED) is 0.714. The van der Waals surface area contributed by atoms with Crippen molar-refractivity contribution in [2.75, 3.05) is 38.2 Å². The van der Waals surface area contributed by atoms with Crippen LogP contribution in [0, 0.1) is 5.92 Å². The molecule has 1 aliphatic heterocycles. The van der Waals surface area contributed by atoms with Gasteiger partial charge in [0, 0.05) is 25.4 Å². The Morgan fingerprint density at radius 1 is 1.18 bits per heavy atom. The van der Waals surface area contributed by atoms with E-state index < -0.39 is 5.60 Å². The number of ether oxygens (including phenoxy) is 2. The van der Waals surface area contributed by atoms with Crippen LogP contribution < -0.4 is 10.1 Å². The minimum Gasteiger partial charge on any atom is -0.492 e. The summed E-state index contributed by atoms with van der Waals surface area (Å²) in [4.78, 5) is 15.4. The van der Waals surface area contributed by atoms with Gasteiger partial charge in [-0.25, -0.2) is 0 Å². The van der Waals surface area contributed by atoms with E-state index in [4.69, 9.17) is 9.47 Å². The summed E-state index contributed by atoms with van der Waals surface area (Å²) in [5.41, 5.74) is 0.139. The van der Waals surface area contributed by atoms with Gasteiger partial charge >= 0.3 is 0 Å². The summed E-state index contributed by atoms with van der Waals surface area (Å²) < 4.78 is 11.8. The van der Waals surface area contributed by atoms with E-state index in [0.29, 0.717) is 13.2 Å². The van der Waals surface area contributed by atoms with Crippen LogP contribution in [0.3, 0.4) is 0 Å². The first-order valence-corrected chi connectivity index (χ1v) is 11.0. The van der Waals surface area contributed by atoms with Crippen molar-refractivity contribution < 1.29 is 14.3 Å². The number of nitrogens with zero attached hydrogens (tertiary/aromatic N) is 1. The first kappa shape index (κ1) is 21.1. The van der Waals surface area contributed by atoms with Gasteiger partial charge in [0.2, 0.25) is 0 Å². The normalized spacial score (nSPS) is 22.6. The van der Waals surface area contributed by atoms with Crippen molar-refractivity contribution in [3.05, 3.63) is 24.3 Å². The van der Waals surface area contributed by atoms with Crippen molar-refractivity contribution in [3.8, 4) is 5.75 Å². The highest BCUT2D eigenvalue weighted by Crippen LogP contribution is 2.33. The molecule has 1 saturated heterocycles. The summed E-state index contributed by atoms with van der Waals surface area (Å²) in [5.74, 6) is 1.63. The average molecular weight is 389 g/mol. The van der Waals surface area contributed by atoms with E-state index in [1.54, 1.807) is 0 Å². The van der Waals surface area contributed by atoms with E-state index in [1.165, 1.54) is 32.4 Å². The number of benzene rings is 1. The Labute approximate surface area is 169 Å². The third kappa shape index (κ3) is 5.71. The topological polar surface area (TPSA) is 50.8 Å². The standard InChI is InChI=1S/C23H36N2O3/c1-3-28-23(13-5-4-6-14-23)22(26)24-20-9-11-21(12-10-20)27-17-16-25-15-7-8-19(2)18-25/h9-12,19H,3-8,13-18H2,1-2H3,(H,24,26)/t19-/m1/s1. The summed E-state index contributed by atoms with van der Waals surface area (Å²) >= 11 is 0. The number of amides is 1. The van der Waals surface area contributed by atoms with Crippen LogP contribution in [-0.2, 0) is 9.53 Å². The minimum absolute atomic E-state index is 0.0121. The molecule has 5 heteroatoms. The number of likely N-dealkylation sites (tertiary alicyclic amines) is 1. The van der Waals surface area contributed by atoms with E-state index in [0.717, 1.165) is 49.6 Å². The predicted octanol–water partition coefficient (Wildman–Crippen LogP) is 4.48. The molecule has 2 aliphatic rings. The zero-order valence-corrected chi connectivity index (χ0v) is 17.5. The molecule has 0 unspecified atom stereocenters. The molecule has 1 saturated carbocycles. The molecule has 0 radical (unpaired) electrons. The van der Waals surface area contributed by atoms with Crippen LogP contribution in [0.5, 0.6) is 5.75 Å². The molecule has 1 atom stereocenters. The average Bonchev–Trinajstić information content (AvgIpc) is 2.70. The summed E-state index contributed by atoms with van der Waals surface area (Å²) in [6.07, 6.45) is 7.54. The molecule has 1 aromatic carbocycles. The molecule has 28 heavy (non-hydrogen) atoms. The number of piperidine rings is 1. The Morgan fingerprint density at radius 2 is 1.93 bits per heavy atom. The summed E-state index contributed by atoms with van der Waals surface area (Å²) in [7, 11) is 0. The van der Waals surface area contributed by atoms with E-state index in [1.807, 2.05) is 31.2 Å². The molecule has 0 spiro atoms. The zero-order chi connectivity index (χ0) is 19.8. The largest absolute Gasteiger partial charge is 0.492 e. The molecule has 1 heterocycles. The second-order valence-electron chi connectivity index (χ2n) is 8.36. The SMILES string of the molecule is CCOC1(C(=O)Nc2ccc(OCCN3CCC[C@@H](C)C3)cc2)CCCCC1. The Kier molecular flexibility index (Phi) is 7.74. The maximum Gasteiger partial charge on any atom is 0.256 e. The van der Waals surface area contributed by atoms with Crippen LogP contribution in [0.1, 0.15) is 58.8 Å². The van der Waals surface area contributed by atoms with E-state index in [9.17, 15) is 4.79 Å². The summed E-state index contributed by atoms with van der Waals surface area (Å²) in [6, 6.07) is 7.70. The predicted molar refractivity (Wildman–Crippen MR) is 113 cm³/mol. The van der Waals surface area contributed by atoms with Crippen molar-refractivity contribution in [2.24, 2.45) is 5.92 Å². The fourth-order valence-electron chi connectivity index (χ4n) is 4.50. The lowest BCUT2D eigenvalue weighted by molar-refractivity contribution is -0.145. The third-order valence-corrected chi connectivity index (χ3v) is 6.03. The Bertz CT molecular complexity index is 605. The Hall–Kier alpha value is -1.59. The second-order valence-corrected chi connectivity index (χ2v) is 8.36. The van der Waals surface area contributed by atoms with Crippen molar-refractivity contribution in [1.82, 2.24) is 4.90 Å². The van der Waals surface area contributed by atoms with Gasteiger partial charge in [-0.05, 0) is 69.3 Å². The monoisotopic (exact) mass is 388 g/mol. The van der Waals surface area contributed by atoms with Crippen LogP contribution in [-0.4, -0.2) is 49.3 Å². The molecule has 1 aliphatic carbocycles. The van der Waals surface area contributed by atoms with Crippen molar-refractivity contribution in [2.45, 2.75) is 64.4 Å². The minimum atomic E-state index is -0.659. The van der Waals surface area contributed by atoms with E-state index >= 15 is 0 Å². The van der Waals surface area contributed by atoms with Gasteiger partial charge < -0.3 is 14.8 Å². The van der Waals surface area contributed by atoms with Gasteiger partial charge in [-0.15, -0.1) is 0 Å². The maximum atomic E-state index is 12.9. The molecular weight excluding hydrogens is 352 g/mol. The van der Waals surface area contributed by atoms with Gasteiger partial charge in [0.1, 0.15) is 18.0 Å². The summed E-state index contributed by atoms with van der Waals surface area (Å²) in [6.45, 7) is 8.88. The molecule has 3 rings (SSSR count). The molecule has 2 fully saturated rings. The number of nitrogens with one attached hydrogen (secondary N) is 1. The molecule has 5 nitrogen and oxygen atoms in total. The van der Waals surface area contributed by atoms with Crippen LogP contribution in [0.25, 0.3) is 0 Å². The number of rotatable bonds is 8. The number of hydrogen-bond donors (Lipinski definition) is 1. The fraction of sp³-hybridized carbons (Fsp3) is 0.696. The molecule has 0 aromatic heterocycles. The number of carbonyl (C=O) groups is 1. The van der Waals surface area contributed by atoms with Gasteiger partial charge in [0.15, 0.2) is 0 Å². The highest BCUT2D eigenvalue weighted by atomic mass is 16.5. The molecule has 1 aromatic rings. The lowest BCUT2D eigenvalue weighted by Gasteiger charge is -2.35.